The summed E-state index contributed by atoms with van der Waals surface area (Å²) in [4.78, 5) is 41.7. The van der Waals surface area contributed by atoms with Crippen molar-refractivity contribution in [1.82, 2.24) is 35.6 Å². The van der Waals surface area contributed by atoms with Gasteiger partial charge < -0.3 is 20.1 Å². The monoisotopic (exact) mass is 505 g/mol. The number of halogens is 1. The molecule has 2 aliphatic carbocycles. The van der Waals surface area contributed by atoms with Crippen molar-refractivity contribution < 1.29 is 18.5 Å². The number of hydrogen-bond donors (Lipinski definition) is 2. The van der Waals surface area contributed by atoms with Crippen LogP contribution in [0.2, 0.25) is 0 Å². The number of nitrogens with zero attached hydrogens (tertiary/aromatic N) is 5. The number of carbonyl (C=O) groups is 2. The number of rotatable bonds is 8. The van der Waals surface area contributed by atoms with Crippen molar-refractivity contribution in [3.8, 4) is 11.5 Å². The Balaban J connectivity index is 1.16. The summed E-state index contributed by atoms with van der Waals surface area (Å²) in [7, 11) is 0. The maximum atomic E-state index is 13.6. The van der Waals surface area contributed by atoms with Crippen molar-refractivity contribution >= 4 is 11.8 Å². The minimum absolute atomic E-state index is 0.0806. The molecule has 0 radical (unpaired) electrons. The molecule has 3 fully saturated rings. The van der Waals surface area contributed by atoms with E-state index < -0.39 is 23.2 Å². The zero-order valence-electron chi connectivity index (χ0n) is 20.3. The van der Waals surface area contributed by atoms with Gasteiger partial charge in [0.15, 0.2) is 17.3 Å². The Morgan fingerprint density at radius 1 is 1.14 bits per heavy atom. The van der Waals surface area contributed by atoms with Gasteiger partial charge in [-0.15, -0.1) is 0 Å². The summed E-state index contributed by atoms with van der Waals surface area (Å²) >= 11 is 0. The molecule has 4 heterocycles. The Labute approximate surface area is 213 Å². The Bertz CT molecular complexity index is 1270. The van der Waals surface area contributed by atoms with Crippen LogP contribution >= 0.6 is 0 Å². The zero-order chi connectivity index (χ0) is 25.4. The third kappa shape index (κ3) is 5.22. The Morgan fingerprint density at radius 2 is 1.95 bits per heavy atom. The molecule has 1 aliphatic heterocycles. The minimum Gasteiger partial charge on any atom is -0.354 e. The fraction of sp³-hybridized carbons (Fsp3) is 0.462. The molecule has 0 bridgehead atoms. The fourth-order valence-electron chi connectivity index (χ4n) is 4.96. The fourth-order valence-corrected chi connectivity index (χ4v) is 4.96. The van der Waals surface area contributed by atoms with Crippen LogP contribution in [0.1, 0.15) is 48.4 Å². The second-order valence-electron chi connectivity index (χ2n) is 10.3. The molecule has 2 saturated carbocycles. The van der Waals surface area contributed by atoms with Crippen LogP contribution in [0, 0.1) is 17.7 Å². The summed E-state index contributed by atoms with van der Waals surface area (Å²) < 4.78 is 18.5. The summed E-state index contributed by atoms with van der Waals surface area (Å²) in [6.07, 6.45) is 9.14. The highest BCUT2D eigenvalue weighted by molar-refractivity contribution is 5.93. The van der Waals surface area contributed by atoms with Gasteiger partial charge in [0, 0.05) is 44.1 Å². The molecule has 37 heavy (non-hydrogen) atoms. The molecular weight excluding hydrogens is 477 g/mol. The first-order chi connectivity index (χ1) is 18.0. The Hall–Kier alpha value is -3.73. The van der Waals surface area contributed by atoms with E-state index in [9.17, 15) is 14.0 Å². The summed E-state index contributed by atoms with van der Waals surface area (Å²) in [6, 6.07) is 5.58. The lowest BCUT2D eigenvalue weighted by Gasteiger charge is -2.38. The first-order valence-electron chi connectivity index (χ1n) is 12.7. The highest BCUT2D eigenvalue weighted by Crippen LogP contribution is 2.44. The van der Waals surface area contributed by atoms with E-state index in [1.807, 2.05) is 0 Å². The van der Waals surface area contributed by atoms with Crippen LogP contribution in [0.5, 0.6) is 0 Å². The van der Waals surface area contributed by atoms with E-state index >= 15 is 0 Å². The van der Waals surface area contributed by atoms with Gasteiger partial charge >= 0.3 is 0 Å². The van der Waals surface area contributed by atoms with Crippen molar-refractivity contribution in [3.05, 3.63) is 60.2 Å². The number of nitrogens with one attached hydrogen (secondary N) is 2. The molecule has 6 rings (SSSR count). The lowest BCUT2D eigenvalue weighted by atomic mass is 9.90. The molecule has 1 saturated heterocycles. The number of amides is 2. The van der Waals surface area contributed by atoms with Crippen molar-refractivity contribution in [1.29, 1.82) is 0 Å². The lowest BCUT2D eigenvalue weighted by Crippen LogP contribution is -2.57. The van der Waals surface area contributed by atoms with E-state index in [0.717, 1.165) is 32.1 Å². The molecule has 0 unspecified atom stereocenters. The second-order valence-corrected chi connectivity index (χ2v) is 10.3. The van der Waals surface area contributed by atoms with Crippen LogP contribution in [0.4, 0.5) is 4.39 Å². The first kappa shape index (κ1) is 23.7. The molecule has 3 aromatic heterocycles. The first-order valence-corrected chi connectivity index (χ1v) is 12.7. The Morgan fingerprint density at radius 3 is 2.65 bits per heavy atom. The normalized spacial score (nSPS) is 22.8. The number of hydrogen-bond acceptors (Lipinski definition) is 8. The van der Waals surface area contributed by atoms with Crippen LogP contribution in [0.15, 0.2) is 47.4 Å². The predicted octanol–water partition coefficient (Wildman–Crippen LogP) is 2.30. The van der Waals surface area contributed by atoms with Crippen LogP contribution in [0.25, 0.3) is 11.5 Å². The molecule has 11 heteroatoms. The molecule has 3 aliphatic rings. The van der Waals surface area contributed by atoms with Crippen LogP contribution < -0.4 is 10.6 Å². The summed E-state index contributed by atoms with van der Waals surface area (Å²) in [5.41, 5.74) is -0.0806. The van der Waals surface area contributed by atoms with Gasteiger partial charge in [0.1, 0.15) is 11.5 Å². The number of piperidine rings is 1. The molecule has 0 aromatic carbocycles. The van der Waals surface area contributed by atoms with Gasteiger partial charge in [-0.3, -0.25) is 9.59 Å². The average Bonchev–Trinajstić information content (AvgIpc) is 3.84. The van der Waals surface area contributed by atoms with Gasteiger partial charge in [-0.1, -0.05) is 5.16 Å². The predicted molar refractivity (Wildman–Crippen MR) is 129 cm³/mol. The number of aromatic nitrogens is 4. The molecule has 3 aromatic rings. The zero-order valence-corrected chi connectivity index (χ0v) is 20.3. The minimum atomic E-state index is -0.533. The molecule has 2 amide bonds. The van der Waals surface area contributed by atoms with Crippen molar-refractivity contribution in [2.45, 2.75) is 43.7 Å². The average molecular weight is 506 g/mol. The summed E-state index contributed by atoms with van der Waals surface area (Å²) in [5, 5.41) is 10.1. The Kier molecular flexibility index (Phi) is 6.15. The molecule has 192 valence electrons. The quantitative estimate of drug-likeness (QED) is 0.478. The van der Waals surface area contributed by atoms with Gasteiger partial charge in [-0.2, -0.15) is 0 Å². The number of pyridine rings is 1. The van der Waals surface area contributed by atoms with Crippen molar-refractivity contribution in [3.63, 3.8) is 0 Å². The van der Waals surface area contributed by atoms with E-state index in [1.165, 1.54) is 31.0 Å². The number of carbonyl (C=O) groups excluding carboxylic acids is 2. The summed E-state index contributed by atoms with van der Waals surface area (Å²) in [5.74, 6) is 0.163. The van der Waals surface area contributed by atoms with Gasteiger partial charge in [0.25, 0.3) is 5.91 Å². The van der Waals surface area contributed by atoms with Crippen LogP contribution in [-0.4, -0.2) is 62.5 Å². The highest BCUT2D eigenvalue weighted by atomic mass is 19.1. The molecule has 0 spiro atoms. The largest absolute Gasteiger partial charge is 0.354 e. The maximum Gasteiger partial charge on any atom is 0.273 e. The maximum absolute atomic E-state index is 13.6. The van der Waals surface area contributed by atoms with E-state index in [2.05, 4.69) is 35.6 Å². The second kappa shape index (κ2) is 9.62. The standard InChI is InChI=1S/C26H28FN7O3/c27-17-4-5-20(30-13-17)22-12-21(33-37-22)24(36)31-19-6-11-34(14-16-2-3-16)15-18(19)23(35)32-26(7-8-26)25-28-9-1-10-29-25/h1,4-5,9-10,12-13,16,18-19H,2-3,6-8,11,14-15H2,(H,31,36)(H,32,35)/t18-,19-/m1/s1. The van der Waals surface area contributed by atoms with Gasteiger partial charge in [-0.05, 0) is 56.2 Å². The van der Waals surface area contributed by atoms with Crippen molar-refractivity contribution in [2.24, 2.45) is 11.8 Å². The summed E-state index contributed by atoms with van der Waals surface area (Å²) in [6.45, 7) is 2.36. The SMILES string of the molecule is O=C(N[C@@H]1CCN(CC2CC2)C[C@H]1C(=O)NC1(c2ncccn2)CC1)c1cc(-c2ccc(F)cn2)on1. The van der Waals surface area contributed by atoms with Crippen LogP contribution in [-0.2, 0) is 10.3 Å². The molecule has 10 nitrogen and oxygen atoms in total. The smallest absolute Gasteiger partial charge is 0.273 e. The third-order valence-corrected chi connectivity index (χ3v) is 7.39. The third-order valence-electron chi connectivity index (χ3n) is 7.39. The lowest BCUT2D eigenvalue weighted by molar-refractivity contribution is -0.128. The van der Waals surface area contributed by atoms with Gasteiger partial charge in [-0.25, -0.2) is 19.3 Å². The van der Waals surface area contributed by atoms with Gasteiger partial charge in [0.2, 0.25) is 5.91 Å². The van der Waals surface area contributed by atoms with E-state index in [1.54, 1.807) is 18.5 Å². The molecule has 2 N–H and O–H groups in total. The van der Waals surface area contributed by atoms with Crippen LogP contribution in [0.3, 0.4) is 0 Å². The highest BCUT2D eigenvalue weighted by Gasteiger charge is 2.50. The van der Waals surface area contributed by atoms with E-state index in [0.29, 0.717) is 30.4 Å². The topological polar surface area (TPSA) is 126 Å². The van der Waals surface area contributed by atoms with Crippen molar-refractivity contribution in [2.75, 3.05) is 19.6 Å². The molecular formula is C26H28FN7O3. The van der Waals surface area contributed by atoms with Gasteiger partial charge in [0.05, 0.1) is 17.7 Å². The van der Waals surface area contributed by atoms with E-state index in [-0.39, 0.29) is 23.4 Å². The number of likely N-dealkylation sites (tertiary alicyclic amines) is 1. The molecule has 2 atom stereocenters. The van der Waals surface area contributed by atoms with E-state index in [4.69, 9.17) is 4.52 Å².